The third kappa shape index (κ3) is 4.15. The molecular formula is C5H9NO3S2. The highest BCUT2D eigenvalue weighted by Gasteiger charge is 2.17. The van der Waals surface area contributed by atoms with Gasteiger partial charge in [-0.3, -0.25) is 4.79 Å². The summed E-state index contributed by atoms with van der Waals surface area (Å²) in [5.41, 5.74) is 0. The third-order valence-corrected chi connectivity index (χ3v) is 1.48. The summed E-state index contributed by atoms with van der Waals surface area (Å²) in [4.78, 5) is 21.2. The highest BCUT2D eigenvalue weighted by atomic mass is 32.1. The molecule has 1 amide bonds. The van der Waals surface area contributed by atoms with Crippen LogP contribution in [0.3, 0.4) is 0 Å². The number of carbonyl (C=O) groups is 2. The fourth-order valence-electron chi connectivity index (χ4n) is 0.488. The molecule has 0 aliphatic heterocycles. The van der Waals surface area contributed by atoms with Gasteiger partial charge in [0.05, 0.1) is 0 Å². The van der Waals surface area contributed by atoms with Crippen molar-refractivity contribution in [2.75, 3.05) is 5.75 Å². The zero-order chi connectivity index (χ0) is 8.85. The average molecular weight is 195 g/mol. The van der Waals surface area contributed by atoms with Crippen LogP contribution in [0.4, 0.5) is 0 Å². The predicted molar refractivity (Wildman–Crippen MR) is 46.5 cm³/mol. The summed E-state index contributed by atoms with van der Waals surface area (Å²) >= 11 is 7.13. The normalized spacial score (nSPS) is 11.9. The van der Waals surface area contributed by atoms with Crippen molar-refractivity contribution in [3.05, 3.63) is 0 Å². The Hall–Kier alpha value is -0.360. The number of hydrogen-bond acceptors (Lipinski definition) is 5. The van der Waals surface area contributed by atoms with E-state index in [0.29, 0.717) is 0 Å². The molecule has 0 bridgehead atoms. The monoisotopic (exact) mass is 195 g/mol. The first kappa shape index (κ1) is 10.6. The van der Waals surface area contributed by atoms with E-state index in [0.717, 1.165) is 0 Å². The quantitative estimate of drug-likeness (QED) is 0.432. The van der Waals surface area contributed by atoms with Crippen LogP contribution in [0.1, 0.15) is 6.92 Å². The summed E-state index contributed by atoms with van der Waals surface area (Å²) in [7, 11) is 0. The third-order valence-electron chi connectivity index (χ3n) is 0.935. The Morgan fingerprint density at radius 2 is 2.18 bits per heavy atom. The molecule has 0 aromatic carbocycles. The second-order valence-corrected chi connectivity index (χ2v) is 2.39. The van der Waals surface area contributed by atoms with Crippen molar-refractivity contribution in [1.29, 1.82) is 0 Å². The van der Waals surface area contributed by atoms with Gasteiger partial charge in [-0.05, 0) is 0 Å². The minimum Gasteiger partial charge on any atom is -0.393 e. The van der Waals surface area contributed by atoms with E-state index in [1.165, 1.54) is 6.92 Å². The summed E-state index contributed by atoms with van der Waals surface area (Å²) in [5, 5.41) is 2.34. The first-order chi connectivity index (χ1) is 5.11. The van der Waals surface area contributed by atoms with Crippen LogP contribution in [0.25, 0.3) is 0 Å². The lowest BCUT2D eigenvalue weighted by Gasteiger charge is -2.10. The molecule has 1 N–H and O–H groups in total. The van der Waals surface area contributed by atoms with Crippen molar-refractivity contribution in [1.82, 2.24) is 5.32 Å². The molecule has 0 fully saturated rings. The van der Waals surface area contributed by atoms with Crippen LogP contribution in [0, 0.1) is 0 Å². The van der Waals surface area contributed by atoms with Crippen molar-refractivity contribution >= 4 is 37.4 Å². The Morgan fingerprint density at radius 1 is 1.64 bits per heavy atom. The number of amides is 1. The van der Waals surface area contributed by atoms with Crippen LogP contribution in [0.5, 0.6) is 0 Å². The molecule has 0 rings (SSSR count). The number of hydrogen-bond donors (Lipinski definition) is 3. The van der Waals surface area contributed by atoms with E-state index >= 15 is 0 Å². The first-order valence-electron chi connectivity index (χ1n) is 2.85. The molecular weight excluding hydrogens is 186 g/mol. The zero-order valence-electron chi connectivity index (χ0n) is 5.90. The number of carbonyl (C=O) groups excluding carboxylic acids is 2. The predicted octanol–water partition coefficient (Wildman–Crippen LogP) is -0.191. The molecule has 1 atom stereocenters. The minimum absolute atomic E-state index is 0.193. The lowest BCUT2D eigenvalue weighted by molar-refractivity contribution is -0.137. The standard InChI is InChI=1S/C5H9NO3S2/c1-3(7)6-4(2-10)5(8)9-11/h4,10-11H,2H2,1H3,(H,6,7)/t4-/m0/s1. The van der Waals surface area contributed by atoms with Gasteiger partial charge in [-0.1, -0.05) is 0 Å². The van der Waals surface area contributed by atoms with E-state index in [1.807, 2.05) is 0 Å². The Kier molecular flexibility index (Phi) is 5.14. The van der Waals surface area contributed by atoms with Gasteiger partial charge in [-0.25, -0.2) is 4.79 Å². The SMILES string of the molecule is CC(=O)N[C@@H](CS)C(=O)OS. The van der Waals surface area contributed by atoms with Gasteiger partial charge < -0.3 is 9.50 Å². The van der Waals surface area contributed by atoms with Crippen molar-refractivity contribution in [2.24, 2.45) is 0 Å². The van der Waals surface area contributed by atoms with E-state index < -0.39 is 12.0 Å². The highest BCUT2D eigenvalue weighted by Crippen LogP contribution is 1.93. The van der Waals surface area contributed by atoms with Crippen LogP contribution < -0.4 is 5.32 Å². The van der Waals surface area contributed by atoms with E-state index in [2.05, 4.69) is 35.0 Å². The lowest BCUT2D eigenvalue weighted by atomic mass is 10.3. The molecule has 11 heavy (non-hydrogen) atoms. The van der Waals surface area contributed by atoms with E-state index in [-0.39, 0.29) is 11.7 Å². The molecule has 0 aromatic heterocycles. The van der Waals surface area contributed by atoms with E-state index in [4.69, 9.17) is 0 Å². The molecule has 64 valence electrons. The summed E-state index contributed by atoms with van der Waals surface area (Å²) < 4.78 is 4.10. The van der Waals surface area contributed by atoms with E-state index in [9.17, 15) is 9.59 Å². The number of rotatable bonds is 3. The van der Waals surface area contributed by atoms with E-state index in [1.54, 1.807) is 0 Å². The average Bonchev–Trinajstić information content (AvgIpc) is 1.98. The maximum Gasteiger partial charge on any atom is 0.341 e. The second-order valence-electron chi connectivity index (χ2n) is 1.85. The smallest absolute Gasteiger partial charge is 0.341 e. The van der Waals surface area contributed by atoms with Gasteiger partial charge >= 0.3 is 5.97 Å². The fourth-order valence-corrected chi connectivity index (χ4v) is 0.856. The lowest BCUT2D eigenvalue weighted by Crippen LogP contribution is -2.41. The van der Waals surface area contributed by atoms with Crippen LogP contribution in [0.2, 0.25) is 0 Å². The van der Waals surface area contributed by atoms with Gasteiger partial charge in [0.25, 0.3) is 0 Å². The molecule has 0 aliphatic rings. The molecule has 0 radical (unpaired) electrons. The molecule has 4 nitrogen and oxygen atoms in total. The first-order valence-corrected chi connectivity index (χ1v) is 3.84. The summed E-state index contributed by atoms with van der Waals surface area (Å²) in [5.74, 6) is -0.722. The van der Waals surface area contributed by atoms with Crippen LogP contribution >= 0.6 is 25.5 Å². The zero-order valence-corrected chi connectivity index (χ0v) is 7.69. The topological polar surface area (TPSA) is 55.4 Å². The van der Waals surface area contributed by atoms with Gasteiger partial charge in [0.1, 0.15) is 6.04 Å². The van der Waals surface area contributed by atoms with Gasteiger partial charge in [-0.2, -0.15) is 12.6 Å². The van der Waals surface area contributed by atoms with Gasteiger partial charge in [0.2, 0.25) is 5.91 Å². The van der Waals surface area contributed by atoms with Crippen molar-refractivity contribution in [2.45, 2.75) is 13.0 Å². The number of thiol groups is 2. The van der Waals surface area contributed by atoms with Crippen LogP contribution in [0.15, 0.2) is 0 Å². The molecule has 6 heteroatoms. The maximum absolute atomic E-state index is 10.7. The Morgan fingerprint density at radius 3 is 2.45 bits per heavy atom. The second kappa shape index (κ2) is 5.31. The minimum atomic E-state index is -0.715. The molecule has 0 heterocycles. The largest absolute Gasteiger partial charge is 0.393 e. The molecule has 0 saturated heterocycles. The Balaban J connectivity index is 3.94. The fraction of sp³-hybridized carbons (Fsp3) is 0.600. The van der Waals surface area contributed by atoms with Gasteiger partial charge in [0.15, 0.2) is 0 Å². The van der Waals surface area contributed by atoms with Crippen molar-refractivity contribution < 1.29 is 13.8 Å². The molecule has 0 aromatic rings. The molecule has 0 spiro atoms. The summed E-state index contributed by atoms with van der Waals surface area (Å²) in [6.07, 6.45) is 0. The van der Waals surface area contributed by atoms with Crippen LogP contribution in [-0.2, 0) is 13.8 Å². The van der Waals surface area contributed by atoms with Crippen molar-refractivity contribution in [3.63, 3.8) is 0 Å². The molecule has 0 saturated carbocycles. The Bertz CT molecular complexity index is 162. The highest BCUT2D eigenvalue weighted by molar-refractivity contribution is 7.80. The maximum atomic E-state index is 10.7. The Labute approximate surface area is 75.7 Å². The van der Waals surface area contributed by atoms with Crippen LogP contribution in [-0.4, -0.2) is 23.7 Å². The molecule has 0 aliphatic carbocycles. The van der Waals surface area contributed by atoms with Gasteiger partial charge in [-0.15, -0.1) is 0 Å². The van der Waals surface area contributed by atoms with Crippen molar-refractivity contribution in [3.8, 4) is 0 Å². The summed E-state index contributed by atoms with van der Waals surface area (Å²) in [6.45, 7) is 1.31. The molecule has 0 unspecified atom stereocenters. The number of nitrogens with one attached hydrogen (secondary N) is 1. The van der Waals surface area contributed by atoms with Gasteiger partial charge in [0, 0.05) is 25.6 Å². The summed E-state index contributed by atoms with van der Waals surface area (Å²) in [6, 6.07) is -0.715.